The second-order valence-electron chi connectivity index (χ2n) is 3.58. The first-order chi connectivity index (χ1) is 8.00. The van der Waals surface area contributed by atoms with Crippen LogP contribution in [0, 0.1) is 0 Å². The van der Waals surface area contributed by atoms with E-state index in [1.54, 1.807) is 30.3 Å². The number of nitrogens with one attached hydrogen (secondary N) is 1. The zero-order valence-corrected chi connectivity index (χ0v) is 10.2. The van der Waals surface area contributed by atoms with Crippen LogP contribution in [0.3, 0.4) is 0 Å². The maximum Gasteiger partial charge on any atom is 0.217 e. The predicted molar refractivity (Wildman–Crippen MR) is 67.0 cm³/mol. The fraction of sp³-hybridized carbons (Fsp3) is 0.250. The molecule has 0 saturated heterocycles. The first kappa shape index (κ1) is 13.4. The molecule has 0 spiro atoms. The summed E-state index contributed by atoms with van der Waals surface area (Å²) in [5, 5.41) is 1.87. The number of hydrogen-bond acceptors (Lipinski definition) is 3. The number of ketones is 1. The van der Waals surface area contributed by atoms with Gasteiger partial charge in [-0.3, -0.25) is 14.4 Å². The number of amides is 1. The minimum Gasteiger partial charge on any atom is -0.345 e. The van der Waals surface area contributed by atoms with E-state index >= 15 is 0 Å². The van der Waals surface area contributed by atoms with Crippen molar-refractivity contribution >= 4 is 29.4 Å². The number of carbonyl (C=O) groups excluding carboxylic acids is 3. The summed E-state index contributed by atoms with van der Waals surface area (Å²) >= 11 is 3.65. The third kappa shape index (κ3) is 4.40. The molecule has 0 aliphatic heterocycles. The van der Waals surface area contributed by atoms with Crippen molar-refractivity contribution in [1.82, 2.24) is 5.32 Å². The normalized spacial score (nSPS) is 11.6. The molecule has 0 fully saturated rings. The van der Waals surface area contributed by atoms with Crippen LogP contribution in [0.25, 0.3) is 0 Å². The van der Waals surface area contributed by atoms with Gasteiger partial charge >= 0.3 is 0 Å². The highest BCUT2D eigenvalue weighted by atomic mass is 32.1. The second kappa shape index (κ2) is 6.20. The van der Waals surface area contributed by atoms with Crippen LogP contribution in [0.2, 0.25) is 0 Å². The molecule has 0 aromatic heterocycles. The van der Waals surface area contributed by atoms with E-state index in [9.17, 15) is 14.4 Å². The molecule has 1 amide bonds. The third-order valence-electron chi connectivity index (χ3n) is 2.16. The van der Waals surface area contributed by atoms with E-state index in [2.05, 4.69) is 17.9 Å². The fourth-order valence-corrected chi connectivity index (χ4v) is 1.53. The van der Waals surface area contributed by atoms with E-state index in [4.69, 9.17) is 0 Å². The molecule has 1 atom stereocenters. The summed E-state index contributed by atoms with van der Waals surface area (Å²) in [5.41, 5.74) is 0.512. The molecule has 1 rings (SSSR count). The monoisotopic (exact) mass is 251 g/mol. The summed E-state index contributed by atoms with van der Waals surface area (Å²) in [5.74, 6) is -0.565. The number of benzene rings is 1. The smallest absolute Gasteiger partial charge is 0.217 e. The Bertz CT molecular complexity index is 431. The van der Waals surface area contributed by atoms with Gasteiger partial charge in [-0.1, -0.05) is 30.3 Å². The molecule has 1 aromatic carbocycles. The van der Waals surface area contributed by atoms with Crippen LogP contribution in [-0.4, -0.2) is 22.8 Å². The van der Waals surface area contributed by atoms with Crippen LogP contribution in [0.1, 0.15) is 23.7 Å². The lowest BCUT2D eigenvalue weighted by atomic mass is 10.0. The summed E-state index contributed by atoms with van der Waals surface area (Å²) in [6.45, 7) is 1.29. The average molecular weight is 251 g/mol. The molecule has 1 N–H and O–H groups in total. The number of thiol groups is 1. The molecular weight excluding hydrogens is 238 g/mol. The summed E-state index contributed by atoms with van der Waals surface area (Å²) < 4.78 is 0. The molecule has 17 heavy (non-hydrogen) atoms. The maximum atomic E-state index is 11.8. The van der Waals surface area contributed by atoms with E-state index in [1.807, 2.05) is 0 Å². The Hall–Kier alpha value is -1.62. The molecule has 5 heteroatoms. The van der Waals surface area contributed by atoms with Gasteiger partial charge in [-0.05, 0) is 0 Å². The lowest BCUT2D eigenvalue weighted by molar-refractivity contribution is -0.122. The zero-order chi connectivity index (χ0) is 12.8. The quantitative estimate of drug-likeness (QED) is 0.611. The molecule has 0 aliphatic carbocycles. The first-order valence-corrected chi connectivity index (χ1v) is 5.53. The molecule has 0 radical (unpaired) electrons. The molecule has 4 nitrogen and oxygen atoms in total. The van der Waals surface area contributed by atoms with Crippen molar-refractivity contribution in [1.29, 1.82) is 0 Å². The largest absolute Gasteiger partial charge is 0.345 e. The minimum atomic E-state index is -0.872. The van der Waals surface area contributed by atoms with Gasteiger partial charge in [0.15, 0.2) is 5.78 Å². The Morgan fingerprint density at radius 2 is 1.82 bits per heavy atom. The Morgan fingerprint density at radius 3 is 2.29 bits per heavy atom. The van der Waals surface area contributed by atoms with E-state index in [0.29, 0.717) is 5.56 Å². The molecule has 0 saturated carbocycles. The van der Waals surface area contributed by atoms with Gasteiger partial charge in [0.1, 0.15) is 6.04 Å². The van der Waals surface area contributed by atoms with E-state index in [1.165, 1.54) is 6.92 Å². The van der Waals surface area contributed by atoms with Crippen LogP contribution in [0.4, 0.5) is 0 Å². The molecular formula is C12H13NO3S. The molecule has 1 aromatic rings. The standard InChI is InChI=1S/C12H13NO3S/c1-8(14)13-10(12(16)17)7-11(15)9-5-3-2-4-6-9/h2-6,10H,7H2,1H3,(H,13,14)(H,16,17)/t10-/m1/s1. The SMILES string of the molecule is CC(=O)N[C@H](CC(=O)c1ccccc1)C(=O)S. The van der Waals surface area contributed by atoms with Gasteiger partial charge in [0, 0.05) is 18.9 Å². The number of Topliss-reactive ketones (excluding diaryl/α,β-unsaturated/α-hetero) is 1. The molecule has 0 heterocycles. The number of carbonyl (C=O) groups is 3. The number of hydrogen-bond donors (Lipinski definition) is 2. The van der Waals surface area contributed by atoms with Crippen LogP contribution in [-0.2, 0) is 9.59 Å². The minimum absolute atomic E-state index is 0.0775. The van der Waals surface area contributed by atoms with Crippen molar-refractivity contribution in [2.24, 2.45) is 0 Å². The van der Waals surface area contributed by atoms with E-state index in [0.717, 1.165) is 0 Å². The highest BCUT2D eigenvalue weighted by Crippen LogP contribution is 2.07. The maximum absolute atomic E-state index is 11.8. The molecule has 90 valence electrons. The second-order valence-corrected chi connectivity index (χ2v) is 4.03. The molecule has 0 unspecified atom stereocenters. The summed E-state index contributed by atoms with van der Waals surface area (Å²) in [4.78, 5) is 33.8. The highest BCUT2D eigenvalue weighted by molar-refractivity contribution is 7.96. The number of rotatable bonds is 5. The van der Waals surface area contributed by atoms with Crippen molar-refractivity contribution in [2.45, 2.75) is 19.4 Å². The molecule has 0 bridgehead atoms. The van der Waals surface area contributed by atoms with Crippen LogP contribution < -0.4 is 5.32 Å². The van der Waals surface area contributed by atoms with Gasteiger partial charge in [0.2, 0.25) is 11.0 Å². The molecule has 0 aliphatic rings. The van der Waals surface area contributed by atoms with E-state index in [-0.39, 0.29) is 18.1 Å². The predicted octanol–water partition coefficient (Wildman–Crippen LogP) is 1.22. The summed E-state index contributed by atoms with van der Waals surface area (Å²) in [6.07, 6.45) is -0.0775. The van der Waals surface area contributed by atoms with Crippen molar-refractivity contribution in [3.63, 3.8) is 0 Å². The van der Waals surface area contributed by atoms with Crippen molar-refractivity contribution in [2.75, 3.05) is 0 Å². The fourth-order valence-electron chi connectivity index (χ4n) is 1.37. The van der Waals surface area contributed by atoms with Crippen molar-refractivity contribution < 1.29 is 14.4 Å². The topological polar surface area (TPSA) is 63.2 Å². The lowest BCUT2D eigenvalue weighted by Gasteiger charge is -2.12. The lowest BCUT2D eigenvalue weighted by Crippen LogP contribution is -2.39. The van der Waals surface area contributed by atoms with Crippen LogP contribution in [0.15, 0.2) is 30.3 Å². The van der Waals surface area contributed by atoms with Crippen molar-refractivity contribution in [3.8, 4) is 0 Å². The van der Waals surface area contributed by atoms with E-state index < -0.39 is 11.2 Å². The highest BCUT2D eigenvalue weighted by Gasteiger charge is 2.20. The van der Waals surface area contributed by atoms with Gasteiger partial charge in [-0.2, -0.15) is 0 Å². The Kier molecular flexibility index (Phi) is 4.90. The zero-order valence-electron chi connectivity index (χ0n) is 9.34. The van der Waals surface area contributed by atoms with Crippen LogP contribution in [0.5, 0.6) is 0 Å². The third-order valence-corrected chi connectivity index (χ3v) is 2.47. The summed E-state index contributed by atoms with van der Waals surface area (Å²) in [6, 6.07) is 7.73. The van der Waals surface area contributed by atoms with Gasteiger partial charge in [-0.15, -0.1) is 12.6 Å². The van der Waals surface area contributed by atoms with Crippen LogP contribution >= 0.6 is 12.6 Å². The summed E-state index contributed by atoms with van der Waals surface area (Å²) in [7, 11) is 0. The average Bonchev–Trinajstić information content (AvgIpc) is 2.28. The van der Waals surface area contributed by atoms with Gasteiger partial charge in [-0.25, -0.2) is 0 Å². The first-order valence-electron chi connectivity index (χ1n) is 5.09. The van der Waals surface area contributed by atoms with Crippen molar-refractivity contribution in [3.05, 3.63) is 35.9 Å². The Labute approximate surface area is 105 Å². The van der Waals surface area contributed by atoms with Gasteiger partial charge in [0.05, 0.1) is 0 Å². The van der Waals surface area contributed by atoms with Gasteiger partial charge < -0.3 is 5.32 Å². The van der Waals surface area contributed by atoms with Gasteiger partial charge in [0.25, 0.3) is 0 Å². The Morgan fingerprint density at radius 1 is 1.24 bits per heavy atom. The Balaban J connectivity index is 2.71.